The van der Waals surface area contributed by atoms with E-state index >= 15 is 0 Å². The molecule has 4 rings (SSSR count). The van der Waals surface area contributed by atoms with Gasteiger partial charge in [0.1, 0.15) is 0 Å². The number of rotatable bonds is 1. The van der Waals surface area contributed by atoms with Gasteiger partial charge in [-0.3, -0.25) is 0 Å². The number of hydrogen-bond donors (Lipinski definition) is 1. The van der Waals surface area contributed by atoms with E-state index in [1.165, 1.54) is 31.2 Å². The molecule has 0 aromatic heterocycles. The number of benzene rings is 1. The molecule has 3 unspecified atom stereocenters. The molecule has 1 aliphatic carbocycles. The number of nitrogens with one attached hydrogen (secondary N) is 1. The van der Waals surface area contributed by atoms with Gasteiger partial charge in [-0.25, -0.2) is 0 Å². The summed E-state index contributed by atoms with van der Waals surface area (Å²) in [5.41, 5.74) is 1.21. The average molecular weight is 289 g/mol. The topological polar surface area (TPSA) is 39.7 Å². The lowest BCUT2D eigenvalue weighted by Crippen LogP contribution is -2.52. The summed E-state index contributed by atoms with van der Waals surface area (Å²) in [5, 5.41) is 3.59. The van der Waals surface area contributed by atoms with Gasteiger partial charge in [0, 0.05) is 13.1 Å². The molecule has 3 atom stereocenters. The monoisotopic (exact) mass is 289 g/mol. The second kappa shape index (κ2) is 5.18. The summed E-state index contributed by atoms with van der Waals surface area (Å²) in [7, 11) is 0. The summed E-state index contributed by atoms with van der Waals surface area (Å²) in [5.74, 6) is 2.44. The van der Waals surface area contributed by atoms with Crippen LogP contribution in [-0.2, 0) is 4.74 Å². The molecule has 1 saturated heterocycles. The van der Waals surface area contributed by atoms with Crippen molar-refractivity contribution in [2.24, 2.45) is 5.92 Å². The van der Waals surface area contributed by atoms with E-state index in [0.29, 0.717) is 6.79 Å². The third kappa shape index (κ3) is 2.51. The Labute approximate surface area is 125 Å². The Kier molecular flexibility index (Phi) is 3.31. The predicted molar refractivity (Wildman–Crippen MR) is 79.6 cm³/mol. The zero-order chi connectivity index (χ0) is 14.3. The molecule has 0 bridgehead atoms. The average Bonchev–Trinajstić information content (AvgIpc) is 2.94. The number of ether oxygens (including phenoxy) is 3. The normalized spacial score (nSPS) is 35.1. The standard InChI is InChI=1S/C17H23NO3/c1-12-3-2-6-17(8-12)10-18-9-16(21-17)13-4-5-14-15(7-13)20-11-19-14/h4-5,7,12,16,18H,2-3,6,8-11H2,1H3. The minimum atomic E-state index is 0.0248. The SMILES string of the molecule is CC1CCCC2(CNCC(c3ccc4c(c3)OCO4)O2)C1. The fourth-order valence-corrected chi connectivity index (χ4v) is 3.99. The van der Waals surface area contributed by atoms with Crippen molar-refractivity contribution in [2.75, 3.05) is 19.9 Å². The van der Waals surface area contributed by atoms with Crippen LogP contribution in [0.5, 0.6) is 11.5 Å². The molecule has 1 spiro atoms. The highest BCUT2D eigenvalue weighted by Gasteiger charge is 2.40. The van der Waals surface area contributed by atoms with Crippen molar-refractivity contribution >= 4 is 0 Å². The van der Waals surface area contributed by atoms with E-state index in [0.717, 1.165) is 30.5 Å². The van der Waals surface area contributed by atoms with Gasteiger partial charge in [-0.2, -0.15) is 0 Å². The van der Waals surface area contributed by atoms with Gasteiger partial charge in [0.15, 0.2) is 11.5 Å². The Balaban J connectivity index is 1.55. The molecule has 2 aliphatic heterocycles. The van der Waals surface area contributed by atoms with Crippen molar-refractivity contribution in [1.82, 2.24) is 5.32 Å². The summed E-state index contributed by atoms with van der Waals surface area (Å²) in [6.45, 7) is 4.52. The van der Waals surface area contributed by atoms with Gasteiger partial charge in [-0.05, 0) is 36.5 Å². The lowest BCUT2D eigenvalue weighted by Gasteiger charge is -2.46. The van der Waals surface area contributed by atoms with Crippen LogP contribution in [0.15, 0.2) is 18.2 Å². The maximum Gasteiger partial charge on any atom is 0.231 e. The first-order valence-corrected chi connectivity index (χ1v) is 8.02. The smallest absolute Gasteiger partial charge is 0.231 e. The Morgan fingerprint density at radius 2 is 2.14 bits per heavy atom. The third-order valence-corrected chi connectivity index (χ3v) is 4.99. The van der Waals surface area contributed by atoms with Gasteiger partial charge in [-0.15, -0.1) is 0 Å². The number of hydrogen-bond acceptors (Lipinski definition) is 4. The molecule has 0 amide bonds. The number of fused-ring (bicyclic) bond motifs is 1. The van der Waals surface area contributed by atoms with Gasteiger partial charge >= 0.3 is 0 Å². The highest BCUT2D eigenvalue weighted by molar-refractivity contribution is 5.45. The van der Waals surface area contributed by atoms with Gasteiger partial charge < -0.3 is 19.5 Å². The first kappa shape index (κ1) is 13.4. The number of morpholine rings is 1. The van der Waals surface area contributed by atoms with E-state index in [-0.39, 0.29) is 11.7 Å². The maximum absolute atomic E-state index is 6.57. The Hall–Kier alpha value is -1.26. The second-order valence-corrected chi connectivity index (χ2v) is 6.73. The first-order chi connectivity index (χ1) is 10.2. The van der Waals surface area contributed by atoms with Crippen molar-refractivity contribution < 1.29 is 14.2 Å². The van der Waals surface area contributed by atoms with Crippen LogP contribution in [0, 0.1) is 5.92 Å². The van der Waals surface area contributed by atoms with E-state index in [1.807, 2.05) is 6.07 Å². The van der Waals surface area contributed by atoms with Crippen LogP contribution in [0.3, 0.4) is 0 Å². The largest absolute Gasteiger partial charge is 0.454 e. The van der Waals surface area contributed by atoms with Gasteiger partial charge in [0.2, 0.25) is 6.79 Å². The lowest BCUT2D eigenvalue weighted by atomic mass is 9.77. The van der Waals surface area contributed by atoms with Gasteiger partial charge in [-0.1, -0.05) is 25.8 Å². The molecule has 21 heavy (non-hydrogen) atoms. The van der Waals surface area contributed by atoms with Crippen LogP contribution >= 0.6 is 0 Å². The molecule has 4 nitrogen and oxygen atoms in total. The Bertz CT molecular complexity index is 529. The zero-order valence-electron chi connectivity index (χ0n) is 12.6. The molecule has 1 saturated carbocycles. The van der Waals surface area contributed by atoms with E-state index in [9.17, 15) is 0 Å². The Morgan fingerprint density at radius 1 is 1.24 bits per heavy atom. The van der Waals surface area contributed by atoms with Crippen LogP contribution in [0.4, 0.5) is 0 Å². The predicted octanol–water partition coefficient (Wildman–Crippen LogP) is 3.03. The van der Waals surface area contributed by atoms with E-state index in [4.69, 9.17) is 14.2 Å². The fraction of sp³-hybridized carbons (Fsp3) is 0.647. The summed E-state index contributed by atoms with van der Waals surface area (Å²) in [6.07, 6.45) is 5.06. The molecule has 4 heteroatoms. The van der Waals surface area contributed by atoms with Crippen LogP contribution in [0.1, 0.15) is 44.3 Å². The molecule has 1 aromatic carbocycles. The molecule has 114 valence electrons. The van der Waals surface area contributed by atoms with Gasteiger partial charge in [0.25, 0.3) is 0 Å². The summed E-state index contributed by atoms with van der Waals surface area (Å²) in [6, 6.07) is 6.16. The maximum atomic E-state index is 6.57. The molecule has 2 heterocycles. The van der Waals surface area contributed by atoms with Crippen molar-refractivity contribution in [2.45, 2.75) is 44.3 Å². The summed E-state index contributed by atoms with van der Waals surface area (Å²) in [4.78, 5) is 0. The highest BCUT2D eigenvalue weighted by atomic mass is 16.7. The van der Waals surface area contributed by atoms with Crippen LogP contribution < -0.4 is 14.8 Å². The van der Waals surface area contributed by atoms with E-state index < -0.39 is 0 Å². The van der Waals surface area contributed by atoms with Crippen LogP contribution in [-0.4, -0.2) is 25.5 Å². The summed E-state index contributed by atoms with van der Waals surface area (Å²) >= 11 is 0. The zero-order valence-corrected chi connectivity index (χ0v) is 12.6. The van der Waals surface area contributed by atoms with Gasteiger partial charge in [0.05, 0.1) is 11.7 Å². The first-order valence-electron chi connectivity index (χ1n) is 8.02. The van der Waals surface area contributed by atoms with Crippen molar-refractivity contribution in [3.8, 4) is 11.5 Å². The molecular formula is C17H23NO3. The molecule has 1 N–H and O–H groups in total. The molecule has 0 radical (unpaired) electrons. The summed E-state index contributed by atoms with van der Waals surface area (Å²) < 4.78 is 17.4. The third-order valence-electron chi connectivity index (χ3n) is 4.99. The minimum Gasteiger partial charge on any atom is -0.454 e. The Morgan fingerprint density at radius 3 is 3.05 bits per heavy atom. The quantitative estimate of drug-likeness (QED) is 0.862. The second-order valence-electron chi connectivity index (χ2n) is 6.73. The fourth-order valence-electron chi connectivity index (χ4n) is 3.99. The van der Waals surface area contributed by atoms with E-state index in [1.54, 1.807) is 0 Å². The molecule has 2 fully saturated rings. The van der Waals surface area contributed by atoms with Crippen molar-refractivity contribution in [1.29, 1.82) is 0 Å². The van der Waals surface area contributed by atoms with E-state index in [2.05, 4.69) is 24.4 Å². The van der Waals surface area contributed by atoms with Crippen LogP contribution in [0.2, 0.25) is 0 Å². The van der Waals surface area contributed by atoms with Crippen LogP contribution in [0.25, 0.3) is 0 Å². The molecular weight excluding hydrogens is 266 g/mol. The van der Waals surface area contributed by atoms with Crippen molar-refractivity contribution in [3.63, 3.8) is 0 Å². The lowest BCUT2D eigenvalue weighted by molar-refractivity contribution is -0.143. The molecule has 3 aliphatic rings. The van der Waals surface area contributed by atoms with Crippen molar-refractivity contribution in [3.05, 3.63) is 23.8 Å². The molecule has 1 aromatic rings. The minimum absolute atomic E-state index is 0.0248. The highest BCUT2D eigenvalue weighted by Crippen LogP contribution is 2.42.